The lowest BCUT2D eigenvalue weighted by Crippen LogP contribution is -2.36. The monoisotopic (exact) mass is 344 g/mol. The minimum Gasteiger partial charge on any atom is -0.495 e. The van der Waals surface area contributed by atoms with Crippen molar-refractivity contribution in [3.8, 4) is 5.75 Å². The fraction of sp³-hybridized carbons (Fsp3) is 0.385. The first-order valence-corrected chi connectivity index (χ1v) is 6.84. The van der Waals surface area contributed by atoms with Gasteiger partial charge in [0.25, 0.3) is 0 Å². The minimum absolute atomic E-state index is 0.0214. The van der Waals surface area contributed by atoms with Crippen LogP contribution in [0.4, 0.5) is 10.5 Å². The van der Waals surface area contributed by atoms with Gasteiger partial charge in [-0.1, -0.05) is 0 Å². The van der Waals surface area contributed by atoms with Crippen LogP contribution in [-0.2, 0) is 4.79 Å². The Labute approximate surface area is 125 Å². The molecule has 20 heavy (non-hydrogen) atoms. The maximum atomic E-state index is 11.7. The van der Waals surface area contributed by atoms with Gasteiger partial charge in [-0.25, -0.2) is 4.79 Å². The Balaban J connectivity index is 2.51. The molecule has 0 aliphatic rings. The molecule has 1 unspecified atom stereocenters. The van der Waals surface area contributed by atoms with Gasteiger partial charge in [0.2, 0.25) is 0 Å². The van der Waals surface area contributed by atoms with Gasteiger partial charge in [-0.2, -0.15) is 0 Å². The van der Waals surface area contributed by atoms with E-state index in [2.05, 4.69) is 26.6 Å². The molecule has 1 atom stereocenters. The maximum absolute atomic E-state index is 11.7. The zero-order valence-electron chi connectivity index (χ0n) is 11.3. The Morgan fingerprint density at radius 2 is 2.15 bits per heavy atom. The number of ether oxygens (including phenoxy) is 1. The van der Waals surface area contributed by atoms with Crippen LogP contribution >= 0.6 is 15.9 Å². The second-order valence-corrected chi connectivity index (χ2v) is 5.14. The molecule has 1 rings (SSSR count). The van der Waals surface area contributed by atoms with Crippen LogP contribution in [0.2, 0.25) is 0 Å². The number of hydrogen-bond acceptors (Lipinski definition) is 3. The Bertz CT molecular complexity index is 493. The van der Waals surface area contributed by atoms with Gasteiger partial charge in [0.05, 0.1) is 11.6 Å². The van der Waals surface area contributed by atoms with E-state index in [0.717, 1.165) is 4.47 Å². The lowest BCUT2D eigenvalue weighted by Gasteiger charge is -2.14. The highest BCUT2D eigenvalue weighted by Gasteiger charge is 2.10. The normalized spacial score (nSPS) is 11.6. The van der Waals surface area contributed by atoms with Crippen molar-refractivity contribution < 1.29 is 19.4 Å². The molecule has 0 saturated heterocycles. The third-order valence-corrected chi connectivity index (χ3v) is 3.23. The zero-order valence-corrected chi connectivity index (χ0v) is 12.9. The highest BCUT2D eigenvalue weighted by atomic mass is 79.9. The molecule has 7 heteroatoms. The van der Waals surface area contributed by atoms with Gasteiger partial charge in [0.15, 0.2) is 0 Å². The summed E-state index contributed by atoms with van der Waals surface area (Å²) in [5.41, 5.74) is 0.591. The SMILES string of the molecule is COc1cc(NC(=O)NC(C)CCC(=O)O)ccc1Br. The van der Waals surface area contributed by atoms with Gasteiger partial charge in [-0.15, -0.1) is 0 Å². The van der Waals surface area contributed by atoms with Gasteiger partial charge >= 0.3 is 12.0 Å². The first-order chi connectivity index (χ1) is 9.42. The summed E-state index contributed by atoms with van der Waals surface area (Å²) in [6.07, 6.45) is 0.403. The average molecular weight is 345 g/mol. The summed E-state index contributed by atoms with van der Waals surface area (Å²) in [4.78, 5) is 22.2. The third kappa shape index (κ3) is 5.48. The molecule has 3 N–H and O–H groups in total. The van der Waals surface area contributed by atoms with Crippen molar-refractivity contribution in [2.75, 3.05) is 12.4 Å². The van der Waals surface area contributed by atoms with Crippen LogP contribution in [0, 0.1) is 0 Å². The standard InChI is InChI=1S/C13H17BrN2O4/c1-8(3-6-12(17)18)15-13(19)16-9-4-5-10(14)11(7-9)20-2/h4-5,7-8H,3,6H2,1-2H3,(H,17,18)(H2,15,16,19). The molecule has 0 fully saturated rings. The number of anilines is 1. The highest BCUT2D eigenvalue weighted by molar-refractivity contribution is 9.10. The second-order valence-electron chi connectivity index (χ2n) is 4.28. The summed E-state index contributed by atoms with van der Waals surface area (Å²) >= 11 is 3.32. The van der Waals surface area contributed by atoms with Crippen LogP contribution in [0.25, 0.3) is 0 Å². The summed E-state index contributed by atoms with van der Waals surface area (Å²) in [6, 6.07) is 4.58. The van der Waals surface area contributed by atoms with Crippen LogP contribution in [-0.4, -0.2) is 30.3 Å². The maximum Gasteiger partial charge on any atom is 0.319 e. The molecule has 1 aromatic carbocycles. The van der Waals surface area contributed by atoms with Gasteiger partial charge in [0.1, 0.15) is 5.75 Å². The number of rotatable bonds is 6. The van der Waals surface area contributed by atoms with E-state index in [9.17, 15) is 9.59 Å². The number of nitrogens with one attached hydrogen (secondary N) is 2. The molecule has 2 amide bonds. The number of halogens is 1. The molecule has 1 aromatic rings. The summed E-state index contributed by atoms with van der Waals surface area (Å²) in [7, 11) is 1.54. The van der Waals surface area contributed by atoms with Crippen molar-refractivity contribution >= 4 is 33.6 Å². The highest BCUT2D eigenvalue weighted by Crippen LogP contribution is 2.27. The van der Waals surface area contributed by atoms with Crippen molar-refractivity contribution in [3.05, 3.63) is 22.7 Å². The van der Waals surface area contributed by atoms with Crippen molar-refractivity contribution in [1.82, 2.24) is 5.32 Å². The molecular weight excluding hydrogens is 328 g/mol. The molecule has 0 aliphatic carbocycles. The fourth-order valence-electron chi connectivity index (χ4n) is 1.54. The smallest absolute Gasteiger partial charge is 0.319 e. The average Bonchev–Trinajstić information content (AvgIpc) is 2.38. The lowest BCUT2D eigenvalue weighted by molar-refractivity contribution is -0.137. The molecule has 0 bridgehead atoms. The zero-order chi connectivity index (χ0) is 15.1. The predicted octanol–water partition coefficient (Wildman–Crippen LogP) is 2.83. The number of benzene rings is 1. The Hall–Kier alpha value is -1.76. The molecule has 6 nitrogen and oxygen atoms in total. The van der Waals surface area contributed by atoms with E-state index in [1.165, 1.54) is 7.11 Å². The number of hydrogen-bond donors (Lipinski definition) is 3. The molecular formula is C13H17BrN2O4. The molecule has 0 heterocycles. The van der Waals surface area contributed by atoms with Crippen LogP contribution in [0.3, 0.4) is 0 Å². The van der Waals surface area contributed by atoms with Crippen LogP contribution in [0.15, 0.2) is 22.7 Å². The Morgan fingerprint density at radius 1 is 1.45 bits per heavy atom. The second kappa shape index (κ2) is 7.74. The number of carbonyl (C=O) groups excluding carboxylic acids is 1. The summed E-state index contributed by atoms with van der Waals surface area (Å²) in [5.74, 6) is -0.265. The molecule has 0 radical (unpaired) electrons. The van der Waals surface area contributed by atoms with E-state index in [1.807, 2.05) is 0 Å². The van der Waals surface area contributed by atoms with Gasteiger partial charge in [-0.05, 0) is 41.4 Å². The van der Waals surface area contributed by atoms with E-state index >= 15 is 0 Å². The summed E-state index contributed by atoms with van der Waals surface area (Å²) < 4.78 is 5.92. The molecule has 110 valence electrons. The van der Waals surface area contributed by atoms with E-state index in [0.29, 0.717) is 17.9 Å². The molecule has 0 aliphatic heterocycles. The van der Waals surface area contributed by atoms with Crippen molar-refractivity contribution in [3.63, 3.8) is 0 Å². The van der Waals surface area contributed by atoms with E-state index < -0.39 is 5.97 Å². The van der Waals surface area contributed by atoms with E-state index in [4.69, 9.17) is 9.84 Å². The molecule has 0 aromatic heterocycles. The van der Waals surface area contributed by atoms with Gasteiger partial charge in [-0.3, -0.25) is 4.79 Å². The Kier molecular flexibility index (Phi) is 6.30. The molecule has 0 saturated carbocycles. The first kappa shape index (κ1) is 16.3. The van der Waals surface area contributed by atoms with Crippen LogP contribution < -0.4 is 15.4 Å². The third-order valence-electron chi connectivity index (χ3n) is 2.58. The summed E-state index contributed by atoms with van der Waals surface area (Å²) in [6.45, 7) is 1.75. The Morgan fingerprint density at radius 3 is 2.75 bits per heavy atom. The van der Waals surface area contributed by atoms with E-state index in [-0.39, 0.29) is 18.5 Å². The topological polar surface area (TPSA) is 87.7 Å². The predicted molar refractivity (Wildman–Crippen MR) is 79.2 cm³/mol. The number of methoxy groups -OCH3 is 1. The van der Waals surface area contributed by atoms with Gasteiger partial charge in [0, 0.05) is 24.2 Å². The van der Waals surface area contributed by atoms with Crippen LogP contribution in [0.1, 0.15) is 19.8 Å². The van der Waals surface area contributed by atoms with Crippen molar-refractivity contribution in [2.24, 2.45) is 0 Å². The quantitative estimate of drug-likeness (QED) is 0.740. The first-order valence-electron chi connectivity index (χ1n) is 6.05. The summed E-state index contributed by atoms with van der Waals surface area (Å²) in [5, 5.41) is 13.9. The number of carboxylic acid groups (broad SMARTS) is 1. The number of aliphatic carboxylic acids is 1. The van der Waals surface area contributed by atoms with Crippen molar-refractivity contribution in [2.45, 2.75) is 25.8 Å². The van der Waals surface area contributed by atoms with Crippen LogP contribution in [0.5, 0.6) is 5.75 Å². The van der Waals surface area contributed by atoms with E-state index in [1.54, 1.807) is 25.1 Å². The minimum atomic E-state index is -0.878. The largest absolute Gasteiger partial charge is 0.495 e. The molecule has 0 spiro atoms. The lowest BCUT2D eigenvalue weighted by atomic mass is 10.2. The fourth-order valence-corrected chi connectivity index (χ4v) is 1.95. The number of urea groups is 1. The number of amides is 2. The number of carboxylic acids is 1. The van der Waals surface area contributed by atoms with Gasteiger partial charge < -0.3 is 20.5 Å². The number of carbonyl (C=O) groups is 2. The van der Waals surface area contributed by atoms with Crippen molar-refractivity contribution in [1.29, 1.82) is 0 Å².